The molecule has 0 aromatic rings. The zero-order valence-corrected chi connectivity index (χ0v) is 6.19. The van der Waals surface area contributed by atoms with Crippen molar-refractivity contribution < 1.29 is 0 Å². The first-order chi connectivity index (χ1) is 4.97. The highest BCUT2D eigenvalue weighted by Gasteiger charge is 2.19. The van der Waals surface area contributed by atoms with Crippen molar-refractivity contribution in [1.82, 2.24) is 10.6 Å². The number of hydrogen-bond acceptors (Lipinski definition) is 2. The van der Waals surface area contributed by atoms with Crippen LogP contribution in [0.1, 0.15) is 19.3 Å². The van der Waals surface area contributed by atoms with E-state index in [9.17, 15) is 0 Å². The molecule has 0 aromatic carbocycles. The summed E-state index contributed by atoms with van der Waals surface area (Å²) >= 11 is 0. The fourth-order valence-corrected chi connectivity index (χ4v) is 1.73. The van der Waals surface area contributed by atoms with E-state index in [0.717, 1.165) is 6.54 Å². The van der Waals surface area contributed by atoms with Crippen molar-refractivity contribution in [2.45, 2.75) is 25.3 Å². The molecule has 0 bridgehead atoms. The number of nitrogens with one attached hydrogen (secondary N) is 2. The Kier molecular flexibility index (Phi) is 1.63. The maximum atomic E-state index is 3.49. The lowest BCUT2D eigenvalue weighted by Gasteiger charge is -2.30. The van der Waals surface area contributed by atoms with Crippen LogP contribution in [0.2, 0.25) is 0 Å². The highest BCUT2D eigenvalue weighted by molar-refractivity contribution is 5.13. The van der Waals surface area contributed by atoms with Gasteiger partial charge in [0.2, 0.25) is 0 Å². The molecule has 2 N–H and O–H groups in total. The SMILES string of the molecule is C1=C2NCCCC2NCC1. The van der Waals surface area contributed by atoms with Gasteiger partial charge in [-0.05, 0) is 25.8 Å². The second-order valence-corrected chi connectivity index (χ2v) is 3.02. The summed E-state index contributed by atoms with van der Waals surface area (Å²) in [5, 5.41) is 6.91. The van der Waals surface area contributed by atoms with Crippen molar-refractivity contribution in [2.75, 3.05) is 13.1 Å². The Morgan fingerprint density at radius 1 is 1.40 bits per heavy atom. The molecular weight excluding hydrogens is 124 g/mol. The second-order valence-electron chi connectivity index (χ2n) is 3.02. The number of hydrogen-bond donors (Lipinski definition) is 2. The summed E-state index contributed by atoms with van der Waals surface area (Å²) in [6.07, 6.45) is 6.16. The quantitative estimate of drug-likeness (QED) is 0.512. The third-order valence-electron chi connectivity index (χ3n) is 2.27. The first-order valence-corrected chi connectivity index (χ1v) is 4.14. The largest absolute Gasteiger partial charge is 0.387 e. The lowest BCUT2D eigenvalue weighted by atomic mass is 10.00. The summed E-state index contributed by atoms with van der Waals surface area (Å²) in [5.41, 5.74) is 1.44. The predicted octanol–water partition coefficient (Wildman–Crippen LogP) is 0.616. The number of piperidine rings is 1. The Hall–Kier alpha value is -0.500. The summed E-state index contributed by atoms with van der Waals surface area (Å²) < 4.78 is 0. The average Bonchev–Trinajstić information content (AvgIpc) is 2.05. The molecule has 0 amide bonds. The summed E-state index contributed by atoms with van der Waals surface area (Å²) in [4.78, 5) is 0. The van der Waals surface area contributed by atoms with Crippen LogP contribution in [-0.4, -0.2) is 19.1 Å². The van der Waals surface area contributed by atoms with Gasteiger partial charge in [0.25, 0.3) is 0 Å². The van der Waals surface area contributed by atoms with E-state index in [-0.39, 0.29) is 0 Å². The van der Waals surface area contributed by atoms with Crippen molar-refractivity contribution in [1.29, 1.82) is 0 Å². The fourth-order valence-electron chi connectivity index (χ4n) is 1.73. The summed E-state index contributed by atoms with van der Waals surface area (Å²) in [7, 11) is 0. The Morgan fingerprint density at radius 3 is 3.30 bits per heavy atom. The maximum Gasteiger partial charge on any atom is 0.0467 e. The molecule has 2 aliphatic heterocycles. The van der Waals surface area contributed by atoms with Gasteiger partial charge in [-0.3, -0.25) is 0 Å². The number of fused-ring (bicyclic) bond motifs is 1. The van der Waals surface area contributed by atoms with E-state index in [2.05, 4.69) is 16.7 Å². The summed E-state index contributed by atoms with van der Waals surface area (Å²) in [6, 6.07) is 0.655. The molecule has 2 heterocycles. The van der Waals surface area contributed by atoms with E-state index < -0.39 is 0 Å². The highest BCUT2D eigenvalue weighted by atomic mass is 15.0. The minimum atomic E-state index is 0.655. The third-order valence-corrected chi connectivity index (χ3v) is 2.27. The van der Waals surface area contributed by atoms with Gasteiger partial charge in [-0.2, -0.15) is 0 Å². The van der Waals surface area contributed by atoms with Gasteiger partial charge in [0, 0.05) is 18.3 Å². The van der Waals surface area contributed by atoms with Crippen LogP contribution in [0.15, 0.2) is 11.8 Å². The molecule has 1 unspecified atom stereocenters. The van der Waals surface area contributed by atoms with Gasteiger partial charge in [0.05, 0.1) is 0 Å². The van der Waals surface area contributed by atoms with Gasteiger partial charge < -0.3 is 10.6 Å². The van der Waals surface area contributed by atoms with Crippen molar-refractivity contribution in [3.05, 3.63) is 11.8 Å². The first kappa shape index (κ1) is 6.23. The molecule has 56 valence electrons. The average molecular weight is 138 g/mol. The van der Waals surface area contributed by atoms with Crippen LogP contribution in [0.3, 0.4) is 0 Å². The van der Waals surface area contributed by atoms with Crippen LogP contribution in [0.25, 0.3) is 0 Å². The Labute approximate surface area is 61.7 Å². The van der Waals surface area contributed by atoms with E-state index in [1.807, 2.05) is 0 Å². The standard InChI is InChI=1S/C8H14N2/c1-3-7-8(9-5-1)4-2-6-10-7/h3,8-10H,1-2,4-6H2. The van der Waals surface area contributed by atoms with Crippen molar-refractivity contribution in [3.63, 3.8) is 0 Å². The van der Waals surface area contributed by atoms with Crippen LogP contribution in [0, 0.1) is 0 Å². The van der Waals surface area contributed by atoms with Crippen LogP contribution >= 0.6 is 0 Å². The Bertz CT molecular complexity index is 151. The molecule has 0 spiro atoms. The Balaban J connectivity index is 2.08. The normalized spacial score (nSPS) is 32.0. The first-order valence-electron chi connectivity index (χ1n) is 4.14. The fraction of sp³-hybridized carbons (Fsp3) is 0.750. The maximum absolute atomic E-state index is 3.49. The van der Waals surface area contributed by atoms with E-state index in [4.69, 9.17) is 0 Å². The van der Waals surface area contributed by atoms with E-state index in [0.29, 0.717) is 6.04 Å². The molecule has 0 aromatic heterocycles. The van der Waals surface area contributed by atoms with Crippen molar-refractivity contribution in [2.24, 2.45) is 0 Å². The highest BCUT2D eigenvalue weighted by Crippen LogP contribution is 2.15. The molecule has 0 saturated carbocycles. The zero-order valence-electron chi connectivity index (χ0n) is 6.19. The molecule has 1 atom stereocenters. The van der Waals surface area contributed by atoms with Gasteiger partial charge in [-0.1, -0.05) is 6.08 Å². The molecule has 2 heteroatoms. The minimum absolute atomic E-state index is 0.655. The molecule has 1 fully saturated rings. The smallest absolute Gasteiger partial charge is 0.0467 e. The monoisotopic (exact) mass is 138 g/mol. The topological polar surface area (TPSA) is 24.1 Å². The minimum Gasteiger partial charge on any atom is -0.387 e. The third kappa shape index (κ3) is 1.03. The van der Waals surface area contributed by atoms with E-state index in [1.54, 1.807) is 0 Å². The van der Waals surface area contributed by atoms with Gasteiger partial charge in [0.15, 0.2) is 0 Å². The van der Waals surface area contributed by atoms with Crippen LogP contribution in [0.5, 0.6) is 0 Å². The second kappa shape index (κ2) is 2.62. The molecule has 2 nitrogen and oxygen atoms in total. The van der Waals surface area contributed by atoms with Gasteiger partial charge in [0.1, 0.15) is 0 Å². The van der Waals surface area contributed by atoms with Crippen molar-refractivity contribution in [3.8, 4) is 0 Å². The van der Waals surface area contributed by atoms with E-state index >= 15 is 0 Å². The lowest BCUT2D eigenvalue weighted by molar-refractivity contribution is 0.431. The molecule has 1 saturated heterocycles. The molecular formula is C8H14N2. The van der Waals surface area contributed by atoms with Gasteiger partial charge in [-0.25, -0.2) is 0 Å². The van der Waals surface area contributed by atoms with Crippen LogP contribution in [0.4, 0.5) is 0 Å². The molecule has 0 aliphatic carbocycles. The van der Waals surface area contributed by atoms with E-state index in [1.165, 1.54) is 31.5 Å². The molecule has 0 radical (unpaired) electrons. The van der Waals surface area contributed by atoms with Crippen LogP contribution < -0.4 is 10.6 Å². The van der Waals surface area contributed by atoms with Gasteiger partial charge in [-0.15, -0.1) is 0 Å². The zero-order chi connectivity index (χ0) is 6.81. The summed E-state index contributed by atoms with van der Waals surface area (Å²) in [5.74, 6) is 0. The van der Waals surface area contributed by atoms with Gasteiger partial charge >= 0.3 is 0 Å². The van der Waals surface area contributed by atoms with Crippen LogP contribution in [-0.2, 0) is 0 Å². The molecule has 2 rings (SSSR count). The number of rotatable bonds is 0. The van der Waals surface area contributed by atoms with Crippen molar-refractivity contribution >= 4 is 0 Å². The Morgan fingerprint density at radius 2 is 2.40 bits per heavy atom. The lowest BCUT2D eigenvalue weighted by Crippen LogP contribution is -2.43. The summed E-state index contributed by atoms with van der Waals surface area (Å²) in [6.45, 7) is 2.33. The molecule has 10 heavy (non-hydrogen) atoms. The molecule has 2 aliphatic rings. The predicted molar refractivity (Wildman–Crippen MR) is 41.7 cm³/mol.